The third kappa shape index (κ3) is 8.02. The second-order valence-electron chi connectivity index (χ2n) is 6.21. The normalized spacial score (nSPS) is 12.9. The Labute approximate surface area is 191 Å². The molecule has 2 unspecified atom stereocenters. The van der Waals surface area contributed by atoms with Gasteiger partial charge in [-0.1, -0.05) is 24.3 Å². The highest BCUT2D eigenvalue weighted by atomic mass is 127. The number of hydrogen-bond acceptors (Lipinski definition) is 6. The lowest BCUT2D eigenvalue weighted by Crippen LogP contribution is -2.36. The van der Waals surface area contributed by atoms with Crippen LogP contribution >= 0.6 is 45.2 Å². The smallest absolute Gasteiger partial charge is 0.323 e. The first-order chi connectivity index (χ1) is 13.3. The highest BCUT2D eigenvalue weighted by Gasteiger charge is 2.18. The molecule has 0 aromatic heterocycles. The zero-order valence-electron chi connectivity index (χ0n) is 15.1. The van der Waals surface area contributed by atoms with Crippen molar-refractivity contribution in [1.29, 1.82) is 0 Å². The molecule has 0 saturated carbocycles. The van der Waals surface area contributed by atoms with Crippen LogP contribution in [0.2, 0.25) is 0 Å². The van der Waals surface area contributed by atoms with Crippen LogP contribution in [-0.2, 0) is 31.9 Å². The van der Waals surface area contributed by atoms with Crippen molar-refractivity contribution in [3.63, 3.8) is 0 Å². The molecule has 0 aliphatic carbocycles. The highest BCUT2D eigenvalue weighted by molar-refractivity contribution is 14.1. The summed E-state index contributed by atoms with van der Waals surface area (Å²) in [5.41, 5.74) is 13.7. The SMILES string of the molecule is NC(Cc1ccc(I)cc1)C(=O)OCCOC(=O)C(N)Cc1ccc(I)cc1. The topological polar surface area (TPSA) is 105 Å². The molecule has 0 aliphatic rings. The summed E-state index contributed by atoms with van der Waals surface area (Å²) in [6.45, 7) is -0.109. The molecular weight excluding hydrogens is 586 g/mol. The van der Waals surface area contributed by atoms with Gasteiger partial charge in [0.2, 0.25) is 0 Å². The van der Waals surface area contributed by atoms with Crippen molar-refractivity contribution in [2.45, 2.75) is 24.9 Å². The summed E-state index contributed by atoms with van der Waals surface area (Å²) in [6, 6.07) is 14.0. The van der Waals surface area contributed by atoms with Gasteiger partial charge in [0.1, 0.15) is 25.3 Å². The molecule has 0 heterocycles. The van der Waals surface area contributed by atoms with Crippen molar-refractivity contribution in [2.24, 2.45) is 11.5 Å². The second-order valence-corrected chi connectivity index (χ2v) is 8.70. The number of halogens is 2. The van der Waals surface area contributed by atoms with E-state index >= 15 is 0 Å². The minimum atomic E-state index is -0.765. The summed E-state index contributed by atoms with van der Waals surface area (Å²) in [4.78, 5) is 23.9. The average molecular weight is 608 g/mol. The highest BCUT2D eigenvalue weighted by Crippen LogP contribution is 2.10. The van der Waals surface area contributed by atoms with E-state index in [1.165, 1.54) is 0 Å². The molecule has 2 aromatic rings. The van der Waals surface area contributed by atoms with Crippen molar-refractivity contribution in [3.8, 4) is 0 Å². The molecule has 0 fully saturated rings. The quantitative estimate of drug-likeness (QED) is 0.258. The Hall–Kier alpha value is -1.24. The van der Waals surface area contributed by atoms with Gasteiger partial charge >= 0.3 is 11.9 Å². The molecule has 28 heavy (non-hydrogen) atoms. The summed E-state index contributed by atoms with van der Waals surface area (Å²) in [5, 5.41) is 0. The van der Waals surface area contributed by atoms with E-state index < -0.39 is 24.0 Å². The van der Waals surface area contributed by atoms with Crippen LogP contribution in [0.3, 0.4) is 0 Å². The standard InChI is InChI=1S/C20H22I2N2O4/c21-15-5-1-13(2-6-15)11-17(23)19(25)27-9-10-28-20(26)18(24)12-14-3-7-16(22)8-4-14/h1-8,17-18H,9-12,23-24H2. The number of esters is 2. The Bertz CT molecular complexity index is 714. The molecule has 0 spiro atoms. The van der Waals surface area contributed by atoms with Crippen LogP contribution in [0.4, 0.5) is 0 Å². The first-order valence-electron chi connectivity index (χ1n) is 8.68. The second kappa shape index (κ2) is 11.7. The van der Waals surface area contributed by atoms with E-state index in [0.717, 1.165) is 18.3 Å². The third-order valence-corrected chi connectivity index (χ3v) is 5.35. The zero-order chi connectivity index (χ0) is 20.5. The van der Waals surface area contributed by atoms with E-state index in [1.807, 2.05) is 48.5 Å². The van der Waals surface area contributed by atoms with Gasteiger partial charge in [0, 0.05) is 7.14 Å². The fourth-order valence-electron chi connectivity index (χ4n) is 2.41. The lowest BCUT2D eigenvalue weighted by atomic mass is 10.1. The number of rotatable bonds is 9. The summed E-state index contributed by atoms with van der Waals surface area (Å²) in [6.07, 6.45) is 0.771. The number of ether oxygens (including phenoxy) is 2. The van der Waals surface area contributed by atoms with E-state index in [2.05, 4.69) is 45.2 Å². The van der Waals surface area contributed by atoms with Crippen molar-refractivity contribution in [2.75, 3.05) is 13.2 Å². The first-order valence-corrected chi connectivity index (χ1v) is 10.8. The molecule has 8 heteroatoms. The Morgan fingerprint density at radius 3 is 1.36 bits per heavy atom. The largest absolute Gasteiger partial charge is 0.461 e. The predicted molar refractivity (Wildman–Crippen MR) is 124 cm³/mol. The number of carbonyl (C=O) groups is 2. The van der Waals surface area contributed by atoms with Crippen molar-refractivity contribution in [1.82, 2.24) is 0 Å². The van der Waals surface area contributed by atoms with Crippen LogP contribution in [0, 0.1) is 7.14 Å². The van der Waals surface area contributed by atoms with Gasteiger partial charge in [-0.05, 0) is 93.4 Å². The van der Waals surface area contributed by atoms with E-state index in [9.17, 15) is 9.59 Å². The maximum absolute atomic E-state index is 11.9. The molecular formula is C20H22I2N2O4. The van der Waals surface area contributed by atoms with Crippen LogP contribution < -0.4 is 11.5 Å². The molecule has 2 atom stereocenters. The molecule has 0 amide bonds. The van der Waals surface area contributed by atoms with Crippen LogP contribution in [0.25, 0.3) is 0 Å². The zero-order valence-corrected chi connectivity index (χ0v) is 19.5. The van der Waals surface area contributed by atoms with Crippen LogP contribution in [0.5, 0.6) is 0 Å². The Morgan fingerprint density at radius 2 is 1.04 bits per heavy atom. The fourth-order valence-corrected chi connectivity index (χ4v) is 3.13. The van der Waals surface area contributed by atoms with E-state index in [-0.39, 0.29) is 13.2 Å². The molecule has 6 nitrogen and oxygen atoms in total. The lowest BCUT2D eigenvalue weighted by molar-refractivity contribution is -0.153. The van der Waals surface area contributed by atoms with E-state index in [4.69, 9.17) is 20.9 Å². The van der Waals surface area contributed by atoms with Crippen molar-refractivity contribution >= 4 is 57.1 Å². The number of benzene rings is 2. The number of carbonyl (C=O) groups excluding carboxylic acids is 2. The van der Waals surface area contributed by atoms with Gasteiger partial charge in [-0.3, -0.25) is 9.59 Å². The van der Waals surface area contributed by atoms with Crippen LogP contribution in [0.15, 0.2) is 48.5 Å². The monoisotopic (exact) mass is 608 g/mol. The molecule has 0 aliphatic heterocycles. The maximum atomic E-state index is 11.9. The molecule has 0 bridgehead atoms. The predicted octanol–water partition coefficient (Wildman–Crippen LogP) is 2.42. The third-order valence-electron chi connectivity index (χ3n) is 3.92. The molecule has 2 rings (SSSR count). The van der Waals surface area contributed by atoms with Gasteiger partial charge in [0.15, 0.2) is 0 Å². The van der Waals surface area contributed by atoms with Gasteiger partial charge in [-0.15, -0.1) is 0 Å². The summed E-state index contributed by atoms with van der Waals surface area (Å²) in [7, 11) is 0. The molecule has 0 radical (unpaired) electrons. The molecule has 150 valence electrons. The van der Waals surface area contributed by atoms with Gasteiger partial charge in [-0.2, -0.15) is 0 Å². The Balaban J connectivity index is 1.66. The summed E-state index contributed by atoms with van der Waals surface area (Å²) < 4.78 is 12.4. The van der Waals surface area contributed by atoms with E-state index in [1.54, 1.807) is 0 Å². The first kappa shape index (κ1) is 23.0. The van der Waals surface area contributed by atoms with Crippen molar-refractivity contribution < 1.29 is 19.1 Å². The molecule has 0 saturated heterocycles. The minimum Gasteiger partial charge on any atom is -0.461 e. The van der Waals surface area contributed by atoms with Gasteiger partial charge < -0.3 is 20.9 Å². The van der Waals surface area contributed by atoms with Gasteiger partial charge in [0.05, 0.1) is 0 Å². The number of nitrogens with two attached hydrogens (primary N) is 2. The molecule has 2 aromatic carbocycles. The van der Waals surface area contributed by atoms with Crippen LogP contribution in [-0.4, -0.2) is 37.2 Å². The Morgan fingerprint density at radius 1 is 0.714 bits per heavy atom. The lowest BCUT2D eigenvalue weighted by Gasteiger charge is -2.14. The van der Waals surface area contributed by atoms with E-state index in [0.29, 0.717) is 12.8 Å². The molecule has 4 N–H and O–H groups in total. The summed E-state index contributed by atoms with van der Waals surface area (Å²) >= 11 is 4.42. The Kier molecular flexibility index (Phi) is 9.62. The van der Waals surface area contributed by atoms with Gasteiger partial charge in [0.25, 0.3) is 0 Å². The number of hydrogen-bond donors (Lipinski definition) is 2. The maximum Gasteiger partial charge on any atom is 0.323 e. The van der Waals surface area contributed by atoms with Crippen LogP contribution in [0.1, 0.15) is 11.1 Å². The summed E-state index contributed by atoms with van der Waals surface area (Å²) in [5.74, 6) is -1.06. The fraction of sp³-hybridized carbons (Fsp3) is 0.300. The minimum absolute atomic E-state index is 0.0544. The average Bonchev–Trinajstić information content (AvgIpc) is 2.68. The van der Waals surface area contributed by atoms with Gasteiger partial charge in [-0.25, -0.2) is 0 Å². The van der Waals surface area contributed by atoms with Crippen molar-refractivity contribution in [3.05, 3.63) is 66.8 Å².